The van der Waals surface area contributed by atoms with Crippen LogP contribution in [0.3, 0.4) is 0 Å². The highest BCUT2D eigenvalue weighted by molar-refractivity contribution is 6.27. The summed E-state index contributed by atoms with van der Waals surface area (Å²) in [4.78, 5) is 13.0. The molecule has 0 N–H and O–H groups in total. The second kappa shape index (κ2) is 7.59. The average Bonchev–Trinajstić information content (AvgIpc) is 3.17. The standard InChI is InChI=1S/C29H16O/c30-29-24(15-13-22-9-5-2-6-10-22)16-18-27-26-17-14-23(19-25(26)20-28(27)29)12-11-21-7-3-1-4-8-21/h1-10,14,16-20H. The van der Waals surface area contributed by atoms with Crippen molar-refractivity contribution in [1.29, 1.82) is 0 Å². The third-order valence-corrected chi connectivity index (χ3v) is 5.08. The first-order chi connectivity index (χ1) is 14.8. The molecular formula is C29H16O. The first-order valence-electron chi connectivity index (χ1n) is 9.75. The minimum absolute atomic E-state index is 0.0240. The summed E-state index contributed by atoms with van der Waals surface area (Å²) in [5.41, 5.74) is 7.08. The van der Waals surface area contributed by atoms with Crippen molar-refractivity contribution in [2.45, 2.75) is 0 Å². The molecule has 30 heavy (non-hydrogen) atoms. The van der Waals surface area contributed by atoms with Gasteiger partial charge in [0.1, 0.15) is 0 Å². The number of fused-ring (bicyclic) bond motifs is 3. The molecule has 1 nitrogen and oxygen atoms in total. The molecule has 0 fully saturated rings. The van der Waals surface area contributed by atoms with Gasteiger partial charge in [0.25, 0.3) is 0 Å². The van der Waals surface area contributed by atoms with E-state index in [1.165, 1.54) is 0 Å². The van der Waals surface area contributed by atoms with Crippen molar-refractivity contribution in [2.75, 3.05) is 0 Å². The van der Waals surface area contributed by atoms with Gasteiger partial charge in [0.2, 0.25) is 5.78 Å². The molecule has 0 saturated carbocycles. The van der Waals surface area contributed by atoms with Crippen LogP contribution in [-0.2, 0) is 4.79 Å². The summed E-state index contributed by atoms with van der Waals surface area (Å²) < 4.78 is 0. The van der Waals surface area contributed by atoms with Crippen LogP contribution in [0.1, 0.15) is 27.8 Å². The van der Waals surface area contributed by atoms with Gasteiger partial charge >= 0.3 is 0 Å². The van der Waals surface area contributed by atoms with Crippen LogP contribution in [0.4, 0.5) is 0 Å². The van der Waals surface area contributed by atoms with Gasteiger partial charge in [0.05, 0.1) is 5.57 Å². The summed E-state index contributed by atoms with van der Waals surface area (Å²) in [6, 6.07) is 25.7. The molecule has 0 bridgehead atoms. The molecule has 0 heterocycles. The molecule has 3 aromatic rings. The van der Waals surface area contributed by atoms with Crippen molar-refractivity contribution in [3.05, 3.63) is 130 Å². The van der Waals surface area contributed by atoms with Crippen LogP contribution < -0.4 is 0 Å². The van der Waals surface area contributed by atoms with Crippen LogP contribution >= 0.6 is 0 Å². The lowest BCUT2D eigenvalue weighted by Gasteiger charge is -2.10. The minimum Gasteiger partial charge on any atom is -0.288 e. The predicted octanol–water partition coefficient (Wildman–Crippen LogP) is 5.43. The number of hydrogen-bond donors (Lipinski definition) is 0. The molecule has 1 heteroatoms. The Bertz CT molecular complexity index is 1380. The number of benzene rings is 3. The Kier molecular flexibility index (Phi) is 4.49. The first-order valence-corrected chi connectivity index (χ1v) is 9.75. The number of hydrogen-bond acceptors (Lipinski definition) is 1. The van der Waals surface area contributed by atoms with Crippen molar-refractivity contribution >= 4 is 17.4 Å². The number of carbonyl (C=O) groups excluding carboxylic acids is 1. The third-order valence-electron chi connectivity index (χ3n) is 5.08. The molecule has 0 amide bonds. The van der Waals surface area contributed by atoms with E-state index < -0.39 is 0 Å². The highest BCUT2D eigenvalue weighted by atomic mass is 16.1. The molecule has 0 aliphatic heterocycles. The molecule has 2 aliphatic carbocycles. The summed E-state index contributed by atoms with van der Waals surface area (Å²) in [5, 5.41) is 0. The first kappa shape index (κ1) is 17.7. The SMILES string of the molecule is O=C1C(C#Cc2ccccc2)=CC=C2C1=Cc1cc(C#Cc3ccccc3)ccc12. The number of rotatable bonds is 0. The van der Waals surface area contributed by atoms with Gasteiger partial charge in [-0.15, -0.1) is 0 Å². The maximum absolute atomic E-state index is 13.0. The Balaban J connectivity index is 1.44. The number of carbonyl (C=O) groups is 1. The average molecular weight is 380 g/mol. The fourth-order valence-electron chi connectivity index (χ4n) is 3.56. The summed E-state index contributed by atoms with van der Waals surface area (Å²) in [7, 11) is 0. The van der Waals surface area contributed by atoms with Crippen molar-refractivity contribution in [3.8, 4) is 23.7 Å². The van der Waals surface area contributed by atoms with Crippen LogP contribution in [0.5, 0.6) is 0 Å². The van der Waals surface area contributed by atoms with E-state index in [0.717, 1.165) is 33.4 Å². The predicted molar refractivity (Wildman–Crippen MR) is 121 cm³/mol. The van der Waals surface area contributed by atoms with E-state index in [2.05, 4.69) is 23.7 Å². The van der Waals surface area contributed by atoms with Crippen molar-refractivity contribution in [2.24, 2.45) is 0 Å². The van der Waals surface area contributed by atoms with E-state index in [1.54, 1.807) is 0 Å². The molecule has 5 rings (SSSR count). The molecular weight excluding hydrogens is 364 g/mol. The Labute approximate surface area is 176 Å². The summed E-state index contributed by atoms with van der Waals surface area (Å²) in [6.07, 6.45) is 5.76. The Morgan fingerprint density at radius 3 is 1.90 bits per heavy atom. The quantitative estimate of drug-likeness (QED) is 0.476. The van der Waals surface area contributed by atoms with E-state index in [1.807, 2.05) is 97.1 Å². The topological polar surface area (TPSA) is 17.1 Å². The fourth-order valence-corrected chi connectivity index (χ4v) is 3.56. The largest absolute Gasteiger partial charge is 0.288 e. The lowest BCUT2D eigenvalue weighted by Crippen LogP contribution is -2.08. The monoisotopic (exact) mass is 380 g/mol. The molecule has 0 atom stereocenters. The molecule has 138 valence electrons. The molecule has 0 aromatic heterocycles. The maximum Gasteiger partial charge on any atom is 0.202 e. The Morgan fingerprint density at radius 2 is 1.20 bits per heavy atom. The summed E-state index contributed by atoms with van der Waals surface area (Å²) in [6.45, 7) is 0. The van der Waals surface area contributed by atoms with E-state index >= 15 is 0 Å². The van der Waals surface area contributed by atoms with E-state index in [-0.39, 0.29) is 5.78 Å². The minimum atomic E-state index is -0.0240. The van der Waals surface area contributed by atoms with Gasteiger partial charge in [-0.3, -0.25) is 4.79 Å². The van der Waals surface area contributed by atoms with E-state index in [4.69, 9.17) is 0 Å². The third kappa shape index (κ3) is 3.42. The van der Waals surface area contributed by atoms with Gasteiger partial charge in [-0.2, -0.15) is 0 Å². The summed E-state index contributed by atoms with van der Waals surface area (Å²) >= 11 is 0. The lowest BCUT2D eigenvalue weighted by molar-refractivity contribution is -0.111. The highest BCUT2D eigenvalue weighted by Gasteiger charge is 2.27. The maximum atomic E-state index is 13.0. The van der Waals surface area contributed by atoms with Crippen molar-refractivity contribution < 1.29 is 4.79 Å². The lowest BCUT2D eigenvalue weighted by atomic mass is 9.91. The van der Waals surface area contributed by atoms with Crippen molar-refractivity contribution in [1.82, 2.24) is 0 Å². The van der Waals surface area contributed by atoms with Gasteiger partial charge < -0.3 is 0 Å². The van der Waals surface area contributed by atoms with E-state index in [9.17, 15) is 4.79 Å². The molecule has 0 radical (unpaired) electrons. The molecule has 0 saturated heterocycles. The second-order valence-electron chi connectivity index (χ2n) is 7.08. The normalized spacial score (nSPS) is 13.5. The zero-order chi connectivity index (χ0) is 20.3. The van der Waals surface area contributed by atoms with Crippen LogP contribution in [0, 0.1) is 23.7 Å². The van der Waals surface area contributed by atoms with Gasteiger partial charge in [-0.05, 0) is 65.3 Å². The number of allylic oxidation sites excluding steroid dienone is 5. The molecule has 3 aromatic carbocycles. The Morgan fingerprint density at radius 1 is 0.567 bits per heavy atom. The van der Waals surface area contributed by atoms with E-state index in [0.29, 0.717) is 11.1 Å². The molecule has 0 spiro atoms. The van der Waals surface area contributed by atoms with Crippen molar-refractivity contribution in [3.63, 3.8) is 0 Å². The van der Waals surface area contributed by atoms with Crippen LogP contribution in [0.2, 0.25) is 0 Å². The molecule has 0 unspecified atom stereocenters. The van der Waals surface area contributed by atoms with Crippen LogP contribution in [-0.4, -0.2) is 5.78 Å². The van der Waals surface area contributed by atoms with Gasteiger partial charge in [-0.1, -0.05) is 72.2 Å². The smallest absolute Gasteiger partial charge is 0.202 e. The zero-order valence-corrected chi connectivity index (χ0v) is 16.1. The molecule has 2 aliphatic rings. The van der Waals surface area contributed by atoms with Gasteiger partial charge in [-0.25, -0.2) is 0 Å². The number of Topliss-reactive ketones (excluding diaryl/α,β-unsaturated/α-hetero) is 1. The van der Waals surface area contributed by atoms with Gasteiger partial charge in [0, 0.05) is 22.3 Å². The second-order valence-corrected chi connectivity index (χ2v) is 7.08. The van der Waals surface area contributed by atoms with Gasteiger partial charge in [0.15, 0.2) is 0 Å². The Hall–Kier alpha value is -4.33. The van der Waals surface area contributed by atoms with Crippen LogP contribution in [0.25, 0.3) is 11.6 Å². The zero-order valence-electron chi connectivity index (χ0n) is 16.1. The number of ketones is 1. The van der Waals surface area contributed by atoms with Crippen LogP contribution in [0.15, 0.2) is 102 Å². The fraction of sp³-hybridized carbons (Fsp3) is 0. The summed E-state index contributed by atoms with van der Waals surface area (Å²) in [5.74, 6) is 12.5. The highest BCUT2D eigenvalue weighted by Crippen LogP contribution is 2.39.